The quantitative estimate of drug-likeness (QED) is 0.338. The number of Topliss-reactive ketones (excluding diaryl/α,β-unsaturated/α-hetero) is 1. The number of hydrogen-bond acceptors (Lipinski definition) is 5. The number of ketones is 1. The van der Waals surface area contributed by atoms with E-state index in [1.807, 2.05) is 45.0 Å². The number of aliphatic hydroxyl groups is 1. The van der Waals surface area contributed by atoms with Crippen molar-refractivity contribution in [2.24, 2.45) is 0 Å². The minimum absolute atomic E-state index is 0.0433. The summed E-state index contributed by atoms with van der Waals surface area (Å²) in [5.41, 5.74) is 2.15. The lowest BCUT2D eigenvalue weighted by atomic mass is 9.92. The molecule has 0 aliphatic carbocycles. The van der Waals surface area contributed by atoms with Crippen LogP contribution in [-0.4, -0.2) is 27.8 Å². The second-order valence-corrected chi connectivity index (χ2v) is 8.06. The van der Waals surface area contributed by atoms with E-state index < -0.39 is 17.7 Å². The topological polar surface area (TPSA) is 80.0 Å². The van der Waals surface area contributed by atoms with Gasteiger partial charge in [0, 0.05) is 5.56 Å². The molecule has 0 bridgehead atoms. The predicted molar refractivity (Wildman–Crippen MR) is 120 cm³/mol. The SMILES string of the molecule is Cc1ccccc1C1/C(=C(\O)c2cccc(OC(C)C)c2)C(=O)C(=O)N1Cc1ccco1. The van der Waals surface area contributed by atoms with Gasteiger partial charge in [0.2, 0.25) is 0 Å². The fourth-order valence-electron chi connectivity index (χ4n) is 3.97. The molecule has 1 fully saturated rings. The monoisotopic (exact) mass is 431 g/mol. The van der Waals surface area contributed by atoms with Crippen LogP contribution < -0.4 is 4.74 Å². The third-order valence-electron chi connectivity index (χ3n) is 5.41. The van der Waals surface area contributed by atoms with Crippen molar-refractivity contribution in [3.05, 3.63) is 95.0 Å². The number of rotatable bonds is 6. The molecule has 0 spiro atoms. The number of benzene rings is 2. The molecule has 164 valence electrons. The van der Waals surface area contributed by atoms with Crippen LogP contribution in [0.3, 0.4) is 0 Å². The molecule has 1 aliphatic heterocycles. The third kappa shape index (κ3) is 4.04. The molecule has 1 N–H and O–H groups in total. The maximum atomic E-state index is 13.1. The number of aliphatic hydroxyl groups excluding tert-OH is 1. The normalized spacial score (nSPS) is 17.9. The zero-order chi connectivity index (χ0) is 22.8. The van der Waals surface area contributed by atoms with Crippen molar-refractivity contribution < 1.29 is 23.8 Å². The van der Waals surface area contributed by atoms with Gasteiger partial charge >= 0.3 is 0 Å². The van der Waals surface area contributed by atoms with E-state index in [0.717, 1.165) is 11.1 Å². The van der Waals surface area contributed by atoms with Gasteiger partial charge in [-0.05, 0) is 56.2 Å². The molecular weight excluding hydrogens is 406 g/mol. The zero-order valence-corrected chi connectivity index (χ0v) is 18.2. The van der Waals surface area contributed by atoms with Crippen LogP contribution in [0.15, 0.2) is 76.9 Å². The van der Waals surface area contributed by atoms with Gasteiger partial charge < -0.3 is 19.2 Å². The molecule has 1 amide bonds. The maximum absolute atomic E-state index is 13.1. The number of nitrogens with zero attached hydrogens (tertiary/aromatic N) is 1. The minimum atomic E-state index is -0.740. The lowest BCUT2D eigenvalue weighted by Gasteiger charge is -2.25. The Hall–Kier alpha value is -3.80. The summed E-state index contributed by atoms with van der Waals surface area (Å²) in [4.78, 5) is 27.6. The molecule has 1 unspecified atom stereocenters. The summed E-state index contributed by atoms with van der Waals surface area (Å²) < 4.78 is 11.2. The van der Waals surface area contributed by atoms with Crippen molar-refractivity contribution in [3.63, 3.8) is 0 Å². The first-order chi connectivity index (χ1) is 15.4. The van der Waals surface area contributed by atoms with Gasteiger partial charge in [-0.2, -0.15) is 0 Å². The van der Waals surface area contributed by atoms with Crippen molar-refractivity contribution >= 4 is 17.4 Å². The van der Waals surface area contributed by atoms with Crippen LogP contribution in [0.2, 0.25) is 0 Å². The number of ether oxygens (including phenoxy) is 1. The second kappa shape index (κ2) is 8.75. The van der Waals surface area contributed by atoms with E-state index in [9.17, 15) is 14.7 Å². The van der Waals surface area contributed by atoms with E-state index in [2.05, 4.69) is 0 Å². The van der Waals surface area contributed by atoms with E-state index in [0.29, 0.717) is 17.1 Å². The van der Waals surface area contributed by atoms with Gasteiger partial charge in [-0.1, -0.05) is 36.4 Å². The number of amides is 1. The predicted octanol–water partition coefficient (Wildman–Crippen LogP) is 5.00. The van der Waals surface area contributed by atoms with Crippen LogP contribution in [0.1, 0.15) is 42.3 Å². The van der Waals surface area contributed by atoms with Crippen LogP contribution in [0, 0.1) is 6.92 Å². The molecule has 0 saturated carbocycles. The Kier molecular flexibility index (Phi) is 5.86. The number of likely N-dealkylation sites (tertiary alicyclic amines) is 1. The number of carbonyl (C=O) groups excluding carboxylic acids is 2. The summed E-state index contributed by atoms with van der Waals surface area (Å²) in [5.74, 6) is -0.504. The molecule has 3 aromatic rings. The fraction of sp³-hybridized carbons (Fsp3) is 0.231. The van der Waals surface area contributed by atoms with Gasteiger partial charge in [-0.15, -0.1) is 0 Å². The maximum Gasteiger partial charge on any atom is 0.296 e. The van der Waals surface area contributed by atoms with E-state index in [-0.39, 0.29) is 24.0 Å². The molecule has 1 atom stereocenters. The van der Waals surface area contributed by atoms with E-state index in [1.165, 1.54) is 11.2 Å². The van der Waals surface area contributed by atoms with Crippen LogP contribution >= 0.6 is 0 Å². The average molecular weight is 431 g/mol. The first-order valence-electron chi connectivity index (χ1n) is 10.5. The highest BCUT2D eigenvalue weighted by molar-refractivity contribution is 6.46. The Morgan fingerprint density at radius 1 is 1.09 bits per heavy atom. The van der Waals surface area contributed by atoms with E-state index in [1.54, 1.807) is 36.4 Å². The standard InChI is InChI=1S/C26H25NO5/c1-16(2)32-19-10-6-9-18(14-19)24(28)22-23(21-12-5-4-8-17(21)3)27(26(30)25(22)29)15-20-11-7-13-31-20/h4-14,16,23,28H,15H2,1-3H3/b24-22+. The van der Waals surface area contributed by atoms with Crippen LogP contribution in [0.25, 0.3) is 5.76 Å². The zero-order valence-electron chi connectivity index (χ0n) is 18.2. The smallest absolute Gasteiger partial charge is 0.296 e. The summed E-state index contributed by atoms with van der Waals surface area (Å²) in [7, 11) is 0. The molecule has 1 saturated heterocycles. The Labute approximate surface area is 186 Å². The summed E-state index contributed by atoms with van der Waals surface area (Å²) in [5, 5.41) is 11.2. The Balaban J connectivity index is 1.86. The minimum Gasteiger partial charge on any atom is -0.507 e. The highest BCUT2D eigenvalue weighted by Gasteiger charge is 2.46. The van der Waals surface area contributed by atoms with Crippen LogP contribution in [0.5, 0.6) is 5.75 Å². The third-order valence-corrected chi connectivity index (χ3v) is 5.41. The van der Waals surface area contributed by atoms with E-state index >= 15 is 0 Å². The molecule has 6 heteroatoms. The van der Waals surface area contributed by atoms with Gasteiger partial charge in [0.15, 0.2) is 0 Å². The first-order valence-corrected chi connectivity index (χ1v) is 10.5. The molecule has 1 aliphatic rings. The molecule has 4 rings (SSSR count). The number of carbonyl (C=O) groups is 2. The lowest BCUT2D eigenvalue weighted by molar-refractivity contribution is -0.140. The van der Waals surface area contributed by atoms with Gasteiger partial charge in [0.1, 0.15) is 17.3 Å². The molecule has 2 aromatic carbocycles. The van der Waals surface area contributed by atoms with Crippen molar-refractivity contribution in [1.82, 2.24) is 4.90 Å². The molecule has 6 nitrogen and oxygen atoms in total. The Morgan fingerprint density at radius 2 is 1.88 bits per heavy atom. The number of hydrogen-bond donors (Lipinski definition) is 1. The Morgan fingerprint density at radius 3 is 2.56 bits per heavy atom. The highest BCUT2D eigenvalue weighted by Crippen LogP contribution is 2.41. The second-order valence-electron chi connectivity index (χ2n) is 8.06. The summed E-state index contributed by atoms with van der Waals surface area (Å²) in [6.07, 6.45) is 1.48. The average Bonchev–Trinajstić information content (AvgIpc) is 3.36. The lowest BCUT2D eigenvalue weighted by Crippen LogP contribution is -2.29. The first kappa shape index (κ1) is 21.4. The van der Waals surface area contributed by atoms with Gasteiger partial charge in [0.25, 0.3) is 11.7 Å². The van der Waals surface area contributed by atoms with Crippen molar-refractivity contribution in [3.8, 4) is 5.75 Å². The van der Waals surface area contributed by atoms with Gasteiger partial charge in [0.05, 0.1) is 30.5 Å². The van der Waals surface area contributed by atoms with Crippen molar-refractivity contribution in [1.29, 1.82) is 0 Å². The molecule has 0 radical (unpaired) electrons. The van der Waals surface area contributed by atoms with Gasteiger partial charge in [-0.25, -0.2) is 0 Å². The molecule has 2 heterocycles. The molecular formula is C26H25NO5. The Bertz CT molecular complexity index is 1180. The molecule has 1 aromatic heterocycles. The highest BCUT2D eigenvalue weighted by atomic mass is 16.5. The van der Waals surface area contributed by atoms with Crippen molar-refractivity contribution in [2.45, 2.75) is 39.5 Å². The van der Waals surface area contributed by atoms with Crippen LogP contribution in [-0.2, 0) is 16.1 Å². The molecule has 32 heavy (non-hydrogen) atoms. The van der Waals surface area contributed by atoms with Crippen molar-refractivity contribution in [2.75, 3.05) is 0 Å². The van der Waals surface area contributed by atoms with Crippen LogP contribution in [0.4, 0.5) is 0 Å². The van der Waals surface area contributed by atoms with Gasteiger partial charge in [-0.3, -0.25) is 9.59 Å². The number of aryl methyl sites for hydroxylation is 1. The largest absolute Gasteiger partial charge is 0.507 e. The summed E-state index contributed by atoms with van der Waals surface area (Å²) in [6.45, 7) is 5.85. The summed E-state index contributed by atoms with van der Waals surface area (Å²) in [6, 6.07) is 17.2. The van der Waals surface area contributed by atoms with E-state index in [4.69, 9.17) is 9.15 Å². The number of furan rings is 1. The fourth-order valence-corrected chi connectivity index (χ4v) is 3.97. The summed E-state index contributed by atoms with van der Waals surface area (Å²) >= 11 is 0.